The Morgan fingerprint density at radius 3 is 2.41 bits per heavy atom. The van der Waals surface area contributed by atoms with Gasteiger partial charge in [0.1, 0.15) is 11.9 Å². The number of hydrogen-bond donors (Lipinski definition) is 0. The number of rotatable bonds is 6. The molecule has 1 fully saturated rings. The Labute approximate surface area is 177 Å². The van der Waals surface area contributed by atoms with E-state index < -0.39 is 0 Å². The van der Waals surface area contributed by atoms with Gasteiger partial charge in [0.15, 0.2) is 0 Å². The van der Waals surface area contributed by atoms with Gasteiger partial charge in [0.05, 0.1) is 6.42 Å². The first kappa shape index (κ1) is 21.5. The molecule has 0 N–H and O–H groups in total. The SMILES string of the molecule is Cc1cc(OC2CCN(C(=O)Cc3ccc(SC(C)C)cc3)CC2)cc(=O)n1C. The van der Waals surface area contributed by atoms with Gasteiger partial charge in [0, 0.05) is 54.9 Å². The van der Waals surface area contributed by atoms with Crippen molar-refractivity contribution in [1.82, 2.24) is 9.47 Å². The Kier molecular flexibility index (Phi) is 7.06. The Bertz CT molecular complexity index is 897. The number of carbonyl (C=O) groups is 1. The zero-order chi connectivity index (χ0) is 21.0. The van der Waals surface area contributed by atoms with E-state index >= 15 is 0 Å². The molecule has 156 valence electrons. The average Bonchev–Trinajstić information content (AvgIpc) is 2.67. The minimum atomic E-state index is -0.0644. The molecule has 1 saturated heterocycles. The highest BCUT2D eigenvalue weighted by Gasteiger charge is 2.24. The fraction of sp³-hybridized carbons (Fsp3) is 0.478. The van der Waals surface area contributed by atoms with Crippen molar-refractivity contribution in [2.75, 3.05) is 13.1 Å². The molecule has 0 bridgehead atoms. The molecule has 0 saturated carbocycles. The average molecular weight is 415 g/mol. The third kappa shape index (κ3) is 5.89. The number of thioether (sulfide) groups is 1. The van der Waals surface area contributed by atoms with Crippen molar-refractivity contribution in [3.63, 3.8) is 0 Å². The van der Waals surface area contributed by atoms with Crippen LogP contribution in [-0.2, 0) is 18.3 Å². The van der Waals surface area contributed by atoms with Crippen molar-refractivity contribution in [2.24, 2.45) is 7.05 Å². The van der Waals surface area contributed by atoms with E-state index in [0.29, 0.717) is 30.5 Å². The van der Waals surface area contributed by atoms with Crippen LogP contribution in [0, 0.1) is 6.92 Å². The van der Waals surface area contributed by atoms with Gasteiger partial charge in [0.2, 0.25) is 5.91 Å². The second-order valence-corrected chi connectivity index (χ2v) is 9.56. The Balaban J connectivity index is 1.50. The number of benzene rings is 1. The molecule has 0 radical (unpaired) electrons. The minimum Gasteiger partial charge on any atom is -0.490 e. The van der Waals surface area contributed by atoms with E-state index in [0.717, 1.165) is 24.1 Å². The van der Waals surface area contributed by atoms with E-state index in [1.54, 1.807) is 11.6 Å². The van der Waals surface area contributed by atoms with E-state index in [1.165, 1.54) is 11.0 Å². The molecule has 2 heterocycles. The number of nitrogens with zero attached hydrogens (tertiary/aromatic N) is 2. The second-order valence-electron chi connectivity index (χ2n) is 7.92. The number of aryl methyl sites for hydroxylation is 1. The van der Waals surface area contributed by atoms with Crippen LogP contribution in [0.15, 0.2) is 46.1 Å². The maximum absolute atomic E-state index is 12.7. The van der Waals surface area contributed by atoms with Crippen molar-refractivity contribution < 1.29 is 9.53 Å². The summed E-state index contributed by atoms with van der Waals surface area (Å²) >= 11 is 1.83. The number of amides is 1. The van der Waals surface area contributed by atoms with Crippen LogP contribution in [0.4, 0.5) is 0 Å². The number of aromatic nitrogens is 1. The van der Waals surface area contributed by atoms with E-state index in [9.17, 15) is 9.59 Å². The maximum Gasteiger partial charge on any atom is 0.254 e. The van der Waals surface area contributed by atoms with Crippen LogP contribution in [0.3, 0.4) is 0 Å². The van der Waals surface area contributed by atoms with Gasteiger partial charge >= 0.3 is 0 Å². The number of pyridine rings is 1. The van der Waals surface area contributed by atoms with Gasteiger partial charge in [0.25, 0.3) is 5.56 Å². The predicted molar refractivity (Wildman–Crippen MR) is 118 cm³/mol. The molecule has 0 unspecified atom stereocenters. The number of hydrogen-bond acceptors (Lipinski definition) is 4. The zero-order valence-electron chi connectivity index (χ0n) is 17.7. The topological polar surface area (TPSA) is 51.5 Å². The summed E-state index contributed by atoms with van der Waals surface area (Å²) in [5.41, 5.74) is 1.86. The molecule has 1 aliphatic rings. The van der Waals surface area contributed by atoms with Crippen LogP contribution in [0.2, 0.25) is 0 Å². The van der Waals surface area contributed by atoms with Gasteiger partial charge in [-0.2, -0.15) is 0 Å². The number of piperidine rings is 1. The lowest BCUT2D eigenvalue weighted by atomic mass is 10.1. The molecule has 0 atom stereocenters. The van der Waals surface area contributed by atoms with Gasteiger partial charge in [-0.25, -0.2) is 0 Å². The Morgan fingerprint density at radius 2 is 1.83 bits per heavy atom. The smallest absolute Gasteiger partial charge is 0.254 e. The van der Waals surface area contributed by atoms with Crippen LogP contribution < -0.4 is 10.3 Å². The van der Waals surface area contributed by atoms with Gasteiger partial charge in [-0.3, -0.25) is 9.59 Å². The summed E-state index contributed by atoms with van der Waals surface area (Å²) in [7, 11) is 1.75. The molecule has 0 spiro atoms. The zero-order valence-corrected chi connectivity index (χ0v) is 18.5. The molecule has 1 aromatic heterocycles. The van der Waals surface area contributed by atoms with Gasteiger partial charge < -0.3 is 14.2 Å². The van der Waals surface area contributed by atoms with Crippen molar-refractivity contribution >= 4 is 17.7 Å². The van der Waals surface area contributed by atoms with Crippen LogP contribution in [-0.4, -0.2) is 39.8 Å². The molecule has 5 nitrogen and oxygen atoms in total. The van der Waals surface area contributed by atoms with Crippen LogP contribution in [0.25, 0.3) is 0 Å². The summed E-state index contributed by atoms with van der Waals surface area (Å²) in [5.74, 6) is 0.784. The molecular weight excluding hydrogens is 384 g/mol. The van der Waals surface area contributed by atoms with Gasteiger partial charge in [-0.1, -0.05) is 26.0 Å². The summed E-state index contributed by atoms with van der Waals surface area (Å²) in [6.45, 7) is 7.62. The standard InChI is InChI=1S/C23H30N2O3S/c1-16(2)29-21-7-5-18(6-8-21)14-23(27)25-11-9-19(10-12-25)28-20-13-17(3)24(4)22(26)15-20/h5-8,13,15-16,19H,9-12,14H2,1-4H3. The Hall–Kier alpha value is -2.21. The normalized spacial score (nSPS) is 15.0. The summed E-state index contributed by atoms with van der Waals surface area (Å²) in [4.78, 5) is 27.7. The third-order valence-electron chi connectivity index (χ3n) is 5.22. The molecule has 1 aliphatic heterocycles. The summed E-state index contributed by atoms with van der Waals surface area (Å²) in [6.07, 6.45) is 2.04. The minimum absolute atomic E-state index is 0.0397. The Morgan fingerprint density at radius 1 is 1.17 bits per heavy atom. The third-order valence-corrected chi connectivity index (χ3v) is 6.24. The first-order valence-electron chi connectivity index (χ1n) is 10.2. The largest absolute Gasteiger partial charge is 0.490 e. The fourth-order valence-electron chi connectivity index (χ4n) is 3.46. The molecule has 1 aromatic carbocycles. The molecular formula is C23H30N2O3S. The maximum atomic E-state index is 12.7. The summed E-state index contributed by atoms with van der Waals surface area (Å²) in [6, 6.07) is 11.7. The van der Waals surface area contributed by atoms with Crippen LogP contribution in [0.1, 0.15) is 37.9 Å². The highest BCUT2D eigenvalue weighted by atomic mass is 32.2. The van der Waals surface area contributed by atoms with E-state index in [4.69, 9.17) is 4.74 Å². The van der Waals surface area contributed by atoms with Gasteiger partial charge in [-0.05, 0) is 30.7 Å². The van der Waals surface area contributed by atoms with E-state index in [-0.39, 0.29) is 17.6 Å². The summed E-state index contributed by atoms with van der Waals surface area (Å²) < 4.78 is 7.61. The molecule has 29 heavy (non-hydrogen) atoms. The summed E-state index contributed by atoms with van der Waals surface area (Å²) in [5, 5.41) is 0.550. The number of ether oxygens (including phenoxy) is 1. The van der Waals surface area contributed by atoms with E-state index in [1.807, 2.05) is 29.7 Å². The van der Waals surface area contributed by atoms with E-state index in [2.05, 4.69) is 38.1 Å². The number of carbonyl (C=O) groups excluding carboxylic acids is 1. The monoisotopic (exact) mass is 414 g/mol. The molecule has 6 heteroatoms. The number of likely N-dealkylation sites (tertiary alicyclic amines) is 1. The van der Waals surface area contributed by atoms with Crippen molar-refractivity contribution in [3.8, 4) is 5.75 Å². The van der Waals surface area contributed by atoms with Crippen LogP contribution >= 0.6 is 11.8 Å². The van der Waals surface area contributed by atoms with Gasteiger partial charge in [-0.15, -0.1) is 11.8 Å². The highest BCUT2D eigenvalue weighted by Crippen LogP contribution is 2.23. The highest BCUT2D eigenvalue weighted by molar-refractivity contribution is 7.99. The van der Waals surface area contributed by atoms with Crippen molar-refractivity contribution in [2.45, 2.75) is 56.3 Å². The van der Waals surface area contributed by atoms with Crippen molar-refractivity contribution in [3.05, 3.63) is 58.0 Å². The molecule has 0 aliphatic carbocycles. The molecule has 2 aromatic rings. The first-order valence-corrected chi connectivity index (χ1v) is 11.1. The predicted octanol–water partition coefficient (Wildman–Crippen LogP) is 3.81. The van der Waals surface area contributed by atoms with Crippen LogP contribution in [0.5, 0.6) is 5.75 Å². The molecule has 3 rings (SSSR count). The lowest BCUT2D eigenvalue weighted by Crippen LogP contribution is -2.42. The lowest BCUT2D eigenvalue weighted by Gasteiger charge is -2.32. The van der Waals surface area contributed by atoms with Crippen molar-refractivity contribution in [1.29, 1.82) is 0 Å². The first-order chi connectivity index (χ1) is 13.8. The lowest BCUT2D eigenvalue weighted by molar-refractivity contribution is -0.132. The quantitative estimate of drug-likeness (QED) is 0.675. The molecule has 1 amide bonds. The fourth-order valence-corrected chi connectivity index (χ4v) is 4.30. The second kappa shape index (κ2) is 9.53.